The first-order valence-electron chi connectivity index (χ1n) is 11.6. The lowest BCUT2D eigenvalue weighted by Crippen LogP contribution is -2.53. The molecule has 4 nitrogen and oxygen atoms in total. The van der Waals surface area contributed by atoms with Gasteiger partial charge in [-0.05, 0) is 57.3 Å². The zero-order valence-electron chi connectivity index (χ0n) is 17.3. The van der Waals surface area contributed by atoms with Crippen molar-refractivity contribution in [2.24, 2.45) is 17.8 Å². The smallest absolute Gasteiger partial charge is 0.300 e. The molecule has 0 bridgehead atoms. The molecule has 2 saturated carbocycles. The Balaban J connectivity index is 1.20. The fraction of sp³-hybridized carbons (Fsp3) is 1.00. The van der Waals surface area contributed by atoms with Gasteiger partial charge in [0.2, 0.25) is 0 Å². The average molecular weight is 421 g/mol. The summed E-state index contributed by atoms with van der Waals surface area (Å²) >= 11 is 0. The second-order valence-electron chi connectivity index (χ2n) is 9.71. The van der Waals surface area contributed by atoms with E-state index in [4.69, 9.17) is 0 Å². The largest absolute Gasteiger partial charge is 0.391 e. The molecule has 8 heteroatoms. The lowest BCUT2D eigenvalue weighted by Gasteiger charge is -2.43. The van der Waals surface area contributed by atoms with Crippen LogP contribution in [0, 0.1) is 17.8 Å². The molecule has 2 aliphatic carbocycles. The van der Waals surface area contributed by atoms with Gasteiger partial charge >= 0.3 is 6.18 Å². The highest BCUT2D eigenvalue weighted by molar-refractivity contribution is 4.93. The fourth-order valence-corrected chi connectivity index (χ4v) is 6.08. The van der Waals surface area contributed by atoms with E-state index in [1.54, 1.807) is 0 Å². The lowest BCUT2D eigenvalue weighted by atomic mass is 9.79. The highest BCUT2D eigenvalue weighted by Gasteiger charge is 2.42. The highest BCUT2D eigenvalue weighted by Crippen LogP contribution is 2.39. The second-order valence-corrected chi connectivity index (χ2v) is 9.71. The van der Waals surface area contributed by atoms with Crippen LogP contribution in [0.1, 0.15) is 51.4 Å². The molecule has 2 heterocycles. The number of alkyl halides is 4. The number of rotatable bonds is 4. The summed E-state index contributed by atoms with van der Waals surface area (Å²) in [6.45, 7) is 5.94. The van der Waals surface area contributed by atoms with Gasteiger partial charge in [0.1, 0.15) is 6.17 Å². The molecule has 4 fully saturated rings. The van der Waals surface area contributed by atoms with E-state index in [0.717, 1.165) is 52.1 Å². The van der Waals surface area contributed by atoms with Crippen molar-refractivity contribution in [3.8, 4) is 0 Å². The van der Waals surface area contributed by atoms with E-state index < -0.39 is 18.3 Å². The van der Waals surface area contributed by atoms with Crippen LogP contribution in [-0.4, -0.2) is 73.5 Å². The third kappa shape index (κ3) is 5.43. The Bertz CT molecular complexity index is 507. The number of nitrogens with one attached hydrogen (secondary N) is 2. The molecule has 4 aliphatic rings. The zero-order valence-corrected chi connectivity index (χ0v) is 17.3. The van der Waals surface area contributed by atoms with Crippen LogP contribution in [0.2, 0.25) is 0 Å². The maximum atomic E-state index is 13.5. The first kappa shape index (κ1) is 21.8. The molecule has 2 atom stereocenters. The summed E-state index contributed by atoms with van der Waals surface area (Å²) < 4.78 is 52.2. The number of piperazine rings is 1. The molecule has 0 aromatic heterocycles. The van der Waals surface area contributed by atoms with Crippen molar-refractivity contribution in [1.82, 2.24) is 20.7 Å². The van der Waals surface area contributed by atoms with Gasteiger partial charge in [0.05, 0.1) is 5.92 Å². The molecule has 0 aromatic rings. The van der Waals surface area contributed by atoms with Crippen LogP contribution in [0.15, 0.2) is 0 Å². The summed E-state index contributed by atoms with van der Waals surface area (Å²) in [6, 6.07) is 0.757. The van der Waals surface area contributed by atoms with Crippen LogP contribution >= 0.6 is 0 Å². The molecule has 2 N–H and O–H groups in total. The molecule has 2 unspecified atom stereocenters. The van der Waals surface area contributed by atoms with Gasteiger partial charge in [0.15, 0.2) is 0 Å². The molecule has 2 aliphatic heterocycles. The Morgan fingerprint density at radius 2 is 1.48 bits per heavy atom. The molecule has 0 amide bonds. The number of hydrogen-bond donors (Lipinski definition) is 2. The van der Waals surface area contributed by atoms with Crippen molar-refractivity contribution in [2.75, 3.05) is 39.3 Å². The summed E-state index contributed by atoms with van der Waals surface area (Å²) in [5.74, 6) is 0.0174. The van der Waals surface area contributed by atoms with Crippen molar-refractivity contribution in [3.05, 3.63) is 0 Å². The minimum Gasteiger partial charge on any atom is -0.300 e. The van der Waals surface area contributed by atoms with Gasteiger partial charge in [-0.25, -0.2) is 4.39 Å². The van der Waals surface area contributed by atoms with E-state index in [9.17, 15) is 17.6 Å². The van der Waals surface area contributed by atoms with Crippen LogP contribution in [0.4, 0.5) is 17.6 Å². The number of hydrogen-bond acceptors (Lipinski definition) is 4. The summed E-state index contributed by atoms with van der Waals surface area (Å²) in [5, 5.41) is 0. The second kappa shape index (κ2) is 9.37. The molecular formula is C21H36F4N4. The Morgan fingerprint density at radius 3 is 2.10 bits per heavy atom. The lowest BCUT2D eigenvalue weighted by molar-refractivity contribution is -0.184. The van der Waals surface area contributed by atoms with Crippen molar-refractivity contribution in [3.63, 3.8) is 0 Å². The molecule has 2 saturated heterocycles. The topological polar surface area (TPSA) is 30.5 Å². The molecule has 4 rings (SSSR count). The van der Waals surface area contributed by atoms with Gasteiger partial charge in [0, 0.05) is 57.3 Å². The minimum atomic E-state index is -4.02. The van der Waals surface area contributed by atoms with E-state index in [2.05, 4.69) is 20.7 Å². The Kier molecular flexibility index (Phi) is 7.03. The average Bonchev–Trinajstić information content (AvgIpc) is 3.17. The zero-order chi connectivity index (χ0) is 20.4. The number of halogens is 4. The van der Waals surface area contributed by atoms with Gasteiger partial charge < -0.3 is 4.90 Å². The maximum Gasteiger partial charge on any atom is 0.391 e. The van der Waals surface area contributed by atoms with Crippen LogP contribution in [0.25, 0.3) is 0 Å². The van der Waals surface area contributed by atoms with Crippen LogP contribution in [0.5, 0.6) is 0 Å². The maximum absolute atomic E-state index is 13.5. The normalized spacial score (nSPS) is 41.0. The fourth-order valence-electron chi connectivity index (χ4n) is 6.08. The summed E-state index contributed by atoms with van der Waals surface area (Å²) in [6.07, 6.45) is 0.658. The van der Waals surface area contributed by atoms with Crippen LogP contribution in [-0.2, 0) is 0 Å². The third-order valence-electron chi connectivity index (χ3n) is 7.93. The van der Waals surface area contributed by atoms with Crippen LogP contribution < -0.4 is 10.9 Å². The van der Waals surface area contributed by atoms with E-state index in [-0.39, 0.29) is 12.8 Å². The monoisotopic (exact) mass is 420 g/mol. The predicted octanol–water partition coefficient (Wildman–Crippen LogP) is 3.35. The van der Waals surface area contributed by atoms with Crippen LogP contribution in [0.3, 0.4) is 0 Å². The molecular weight excluding hydrogens is 384 g/mol. The minimum absolute atomic E-state index is 0.288. The van der Waals surface area contributed by atoms with E-state index >= 15 is 0 Å². The third-order valence-corrected chi connectivity index (χ3v) is 7.93. The van der Waals surface area contributed by atoms with Gasteiger partial charge in [-0.2, -0.15) is 13.2 Å². The Morgan fingerprint density at radius 1 is 0.828 bits per heavy atom. The standard InChI is InChI=1S/C21H36F4N4/c22-18-5-1-15(2-6-18)20-16(13-26-27-20)14-28-9-11-29(12-10-28)19-7-3-17(4-8-19)21(23,24)25/h15-20,26-27H,1-14H2. The molecule has 0 aromatic carbocycles. The molecule has 0 radical (unpaired) electrons. The first-order valence-corrected chi connectivity index (χ1v) is 11.6. The molecule has 0 spiro atoms. The van der Waals surface area contributed by atoms with Crippen molar-refractivity contribution in [1.29, 1.82) is 0 Å². The van der Waals surface area contributed by atoms with Gasteiger partial charge in [-0.15, -0.1) is 0 Å². The summed E-state index contributed by atoms with van der Waals surface area (Å²) in [7, 11) is 0. The Labute approximate surface area is 171 Å². The van der Waals surface area contributed by atoms with E-state index in [1.807, 2.05) is 0 Å². The van der Waals surface area contributed by atoms with Gasteiger partial charge in [0.25, 0.3) is 0 Å². The summed E-state index contributed by atoms with van der Waals surface area (Å²) in [5.41, 5.74) is 6.78. The van der Waals surface area contributed by atoms with E-state index in [0.29, 0.717) is 49.6 Å². The number of nitrogens with zero attached hydrogens (tertiary/aromatic N) is 2. The highest BCUT2D eigenvalue weighted by atomic mass is 19.4. The Hall–Kier alpha value is -0.440. The van der Waals surface area contributed by atoms with E-state index in [1.165, 1.54) is 0 Å². The SMILES string of the molecule is FC1CCC(C2NNCC2CN2CCN(C3CCC(C(F)(F)F)CC3)CC2)CC1. The van der Waals surface area contributed by atoms with Crippen molar-refractivity contribution >= 4 is 0 Å². The van der Waals surface area contributed by atoms with Gasteiger partial charge in [-0.1, -0.05) is 0 Å². The first-order chi connectivity index (χ1) is 13.9. The van der Waals surface area contributed by atoms with Crippen molar-refractivity contribution < 1.29 is 17.6 Å². The quantitative estimate of drug-likeness (QED) is 0.683. The van der Waals surface area contributed by atoms with Crippen molar-refractivity contribution in [2.45, 2.75) is 75.8 Å². The molecule has 29 heavy (non-hydrogen) atoms. The number of hydrazine groups is 1. The van der Waals surface area contributed by atoms with Gasteiger partial charge in [-0.3, -0.25) is 15.8 Å². The molecule has 168 valence electrons. The predicted molar refractivity (Wildman–Crippen MR) is 105 cm³/mol. The summed E-state index contributed by atoms with van der Waals surface area (Å²) in [4.78, 5) is 4.94.